The molecule has 10 heteroatoms. The number of rotatable bonds is 3. The van der Waals surface area contributed by atoms with Gasteiger partial charge in [0, 0.05) is 25.6 Å². The van der Waals surface area contributed by atoms with Crippen LogP contribution in [-0.4, -0.2) is 68.0 Å². The zero-order valence-corrected chi connectivity index (χ0v) is 22.2. The Balaban J connectivity index is 1.45. The molecule has 1 aliphatic carbocycles. The van der Waals surface area contributed by atoms with Crippen molar-refractivity contribution in [2.45, 2.75) is 67.3 Å². The normalized spacial score (nSPS) is 30.9. The molecule has 200 valence electrons. The molecule has 2 fully saturated rings. The number of carbonyl (C=O) groups is 1. The fraction of sp³-hybridized carbons (Fsp3) is 0.464. The van der Waals surface area contributed by atoms with Crippen LogP contribution in [0.4, 0.5) is 0 Å². The van der Waals surface area contributed by atoms with E-state index in [2.05, 4.69) is 4.90 Å². The lowest BCUT2D eigenvalue weighted by Crippen LogP contribution is -2.53. The lowest BCUT2D eigenvalue weighted by molar-refractivity contribution is -0.159. The van der Waals surface area contributed by atoms with Crippen LogP contribution in [0.15, 0.2) is 53.1 Å². The number of nitrogens with zero attached hydrogens (tertiary/aromatic N) is 1. The minimum absolute atomic E-state index is 0.133. The van der Waals surface area contributed by atoms with E-state index in [1.807, 2.05) is 26.0 Å². The molecule has 38 heavy (non-hydrogen) atoms. The molecule has 0 saturated carbocycles. The lowest BCUT2D eigenvalue weighted by atomic mass is 9.81. The summed E-state index contributed by atoms with van der Waals surface area (Å²) in [5, 5.41) is -0.680. The Kier molecular flexibility index (Phi) is 5.11. The van der Waals surface area contributed by atoms with Crippen LogP contribution in [0.3, 0.4) is 0 Å². The minimum atomic E-state index is -3.65. The zero-order valence-electron chi connectivity index (χ0n) is 21.4. The summed E-state index contributed by atoms with van der Waals surface area (Å²) in [7, 11) is -3.65. The highest BCUT2D eigenvalue weighted by Crippen LogP contribution is 2.60. The molecular weight excluding hydrogens is 510 g/mol. The first-order chi connectivity index (χ1) is 18.1. The average Bonchev–Trinajstić information content (AvgIpc) is 3.59. The minimum Gasteiger partial charge on any atom is -0.454 e. The lowest BCUT2D eigenvalue weighted by Gasteiger charge is -2.40. The van der Waals surface area contributed by atoms with Crippen molar-refractivity contribution in [1.29, 1.82) is 0 Å². The van der Waals surface area contributed by atoms with Crippen LogP contribution >= 0.6 is 0 Å². The second-order valence-electron chi connectivity index (χ2n) is 11.0. The smallest absolute Gasteiger partial charge is 0.307 e. The third kappa shape index (κ3) is 3.33. The molecule has 0 amide bonds. The number of benzene rings is 2. The highest BCUT2D eigenvalue weighted by Gasteiger charge is 2.69. The van der Waals surface area contributed by atoms with Gasteiger partial charge in [0.1, 0.15) is 18.0 Å². The summed E-state index contributed by atoms with van der Waals surface area (Å²) in [6, 6.07) is 12.5. The summed E-state index contributed by atoms with van der Waals surface area (Å²) in [5.74, 6) is 0.255. The van der Waals surface area contributed by atoms with Crippen molar-refractivity contribution in [3.63, 3.8) is 0 Å². The molecule has 0 radical (unpaired) electrons. The van der Waals surface area contributed by atoms with Crippen LogP contribution in [0.1, 0.15) is 38.3 Å². The number of hydrogen-bond acceptors (Lipinski definition) is 9. The molecule has 0 N–H and O–H groups in total. The second kappa shape index (κ2) is 8.05. The Bertz CT molecular complexity index is 1480. The number of sulfone groups is 1. The van der Waals surface area contributed by atoms with Gasteiger partial charge in [0.05, 0.1) is 15.7 Å². The van der Waals surface area contributed by atoms with Crippen molar-refractivity contribution in [2.75, 3.05) is 19.9 Å². The van der Waals surface area contributed by atoms with Crippen LogP contribution in [0.5, 0.6) is 11.5 Å². The Hall–Kier alpha value is -2.92. The largest absolute Gasteiger partial charge is 0.454 e. The molecule has 0 aromatic heterocycles. The topological polar surface area (TPSA) is 101 Å². The second-order valence-corrected chi connectivity index (χ2v) is 13.2. The Morgan fingerprint density at radius 1 is 1.08 bits per heavy atom. The van der Waals surface area contributed by atoms with Gasteiger partial charge in [0.25, 0.3) is 0 Å². The quantitative estimate of drug-likeness (QED) is 0.545. The van der Waals surface area contributed by atoms with E-state index in [1.165, 1.54) is 6.92 Å². The molecule has 4 atom stereocenters. The number of carbonyl (C=O) groups excluding carboxylic acids is 1. The van der Waals surface area contributed by atoms with Gasteiger partial charge in [0.2, 0.25) is 6.79 Å². The third-order valence-electron chi connectivity index (χ3n) is 8.32. The predicted molar refractivity (Wildman–Crippen MR) is 135 cm³/mol. The maximum Gasteiger partial charge on any atom is 0.307 e. The van der Waals surface area contributed by atoms with Crippen molar-refractivity contribution in [2.24, 2.45) is 0 Å². The Morgan fingerprint density at radius 3 is 2.55 bits per heavy atom. The van der Waals surface area contributed by atoms with Crippen LogP contribution in [0.25, 0.3) is 5.57 Å². The summed E-state index contributed by atoms with van der Waals surface area (Å²) in [5.41, 5.74) is 1.73. The summed E-state index contributed by atoms with van der Waals surface area (Å²) in [6.07, 6.45) is -0.293. The molecule has 2 aromatic carbocycles. The first kappa shape index (κ1) is 24.1. The fourth-order valence-electron chi connectivity index (χ4n) is 6.92. The van der Waals surface area contributed by atoms with Crippen molar-refractivity contribution >= 4 is 21.4 Å². The van der Waals surface area contributed by atoms with Gasteiger partial charge in [-0.1, -0.05) is 18.2 Å². The number of hydrogen-bond donors (Lipinski definition) is 0. The summed E-state index contributed by atoms with van der Waals surface area (Å²) < 4.78 is 57.9. The van der Waals surface area contributed by atoms with Gasteiger partial charge < -0.3 is 23.7 Å². The van der Waals surface area contributed by atoms with Gasteiger partial charge in [-0.05, 0) is 62.1 Å². The standard InChI is InChI=1S/C28H29NO8S/c1-16(30)35-24-23-20-12-22-21(33-15-34-22)11-17(20)9-10-29-14-19(38(31,32)18-7-5-4-6-8-18)13-28(23,29)26-25(24)36-27(2,3)37-26/h4-8,11-12,19,25-26H,9-10,13-15H2,1-3H3/t19-,25?,26?,28?/m1/s1. The molecule has 4 aliphatic heterocycles. The predicted octanol–water partition coefficient (Wildman–Crippen LogP) is 3.07. The monoisotopic (exact) mass is 539 g/mol. The van der Waals surface area contributed by atoms with Crippen LogP contribution in [0, 0.1) is 0 Å². The summed E-state index contributed by atoms with van der Waals surface area (Å²) in [6.45, 7) is 6.06. The number of ether oxygens (including phenoxy) is 5. The van der Waals surface area contributed by atoms with Gasteiger partial charge in [-0.2, -0.15) is 0 Å². The van der Waals surface area contributed by atoms with Gasteiger partial charge in [-0.25, -0.2) is 8.42 Å². The van der Waals surface area contributed by atoms with Gasteiger partial charge in [-0.3, -0.25) is 9.69 Å². The van der Waals surface area contributed by atoms with Crippen molar-refractivity contribution in [3.05, 3.63) is 59.4 Å². The first-order valence-electron chi connectivity index (χ1n) is 12.9. The highest BCUT2D eigenvalue weighted by atomic mass is 32.2. The number of esters is 1. The molecule has 2 aromatic rings. The SMILES string of the molecule is CC(=O)OC1=C2c3cc4c(cc3CCN3C[C@H](S(=O)(=O)c5ccccc5)CC23C2OC(C)(C)OC12)OCO4. The highest BCUT2D eigenvalue weighted by molar-refractivity contribution is 7.92. The number of fused-ring (bicyclic) bond motifs is 4. The van der Waals surface area contributed by atoms with Gasteiger partial charge in [0.15, 0.2) is 27.1 Å². The van der Waals surface area contributed by atoms with Gasteiger partial charge in [-0.15, -0.1) is 0 Å². The molecule has 0 bridgehead atoms. The third-order valence-corrected chi connectivity index (χ3v) is 10.4. The maximum atomic E-state index is 13.9. The molecule has 3 unspecified atom stereocenters. The van der Waals surface area contributed by atoms with E-state index in [0.29, 0.717) is 41.7 Å². The van der Waals surface area contributed by atoms with Crippen molar-refractivity contribution in [1.82, 2.24) is 4.90 Å². The Labute approximate surface area is 221 Å². The van der Waals surface area contributed by atoms with E-state index >= 15 is 0 Å². The fourth-order valence-corrected chi connectivity index (χ4v) is 8.69. The average molecular weight is 540 g/mol. The van der Waals surface area contributed by atoms with E-state index in [4.69, 9.17) is 23.7 Å². The summed E-state index contributed by atoms with van der Waals surface area (Å²) >= 11 is 0. The van der Waals surface area contributed by atoms with Gasteiger partial charge >= 0.3 is 5.97 Å². The molecule has 1 spiro atoms. The first-order valence-corrected chi connectivity index (χ1v) is 14.4. The summed E-state index contributed by atoms with van der Waals surface area (Å²) in [4.78, 5) is 14.9. The van der Waals surface area contributed by atoms with E-state index in [9.17, 15) is 13.2 Å². The van der Waals surface area contributed by atoms with Crippen molar-refractivity contribution < 1.29 is 36.9 Å². The molecule has 2 saturated heterocycles. The van der Waals surface area contributed by atoms with Crippen LogP contribution < -0.4 is 9.47 Å². The van der Waals surface area contributed by atoms with E-state index in [-0.39, 0.29) is 13.2 Å². The molecule has 4 heterocycles. The maximum absolute atomic E-state index is 13.9. The molecule has 5 aliphatic rings. The van der Waals surface area contributed by atoms with Crippen molar-refractivity contribution in [3.8, 4) is 11.5 Å². The molecule has 7 rings (SSSR count). The zero-order chi connectivity index (χ0) is 26.4. The van der Waals surface area contributed by atoms with E-state index < -0.39 is 44.6 Å². The van der Waals surface area contributed by atoms with Crippen LogP contribution in [0.2, 0.25) is 0 Å². The molecular formula is C28H29NO8S. The molecule has 9 nitrogen and oxygen atoms in total. The van der Waals surface area contributed by atoms with E-state index in [1.54, 1.807) is 30.3 Å². The van der Waals surface area contributed by atoms with E-state index in [0.717, 1.165) is 16.7 Å². The van der Waals surface area contributed by atoms with Crippen LogP contribution in [-0.2, 0) is 35.3 Å². The Morgan fingerprint density at radius 2 is 1.82 bits per heavy atom.